The molecule has 1 amide bonds. The highest BCUT2D eigenvalue weighted by molar-refractivity contribution is 7.99. The molecule has 1 fully saturated rings. The number of fused-ring (bicyclic) bond motifs is 1. The van der Waals surface area contributed by atoms with Crippen molar-refractivity contribution < 1.29 is 17.6 Å². The van der Waals surface area contributed by atoms with Gasteiger partial charge in [-0.3, -0.25) is 4.79 Å². The van der Waals surface area contributed by atoms with Gasteiger partial charge in [0.1, 0.15) is 0 Å². The molecule has 0 radical (unpaired) electrons. The van der Waals surface area contributed by atoms with Gasteiger partial charge in [-0.1, -0.05) is 48.2 Å². The zero-order valence-corrected chi connectivity index (χ0v) is 19.8. The summed E-state index contributed by atoms with van der Waals surface area (Å²) in [6.07, 6.45) is 1.78. The van der Waals surface area contributed by atoms with Gasteiger partial charge in [0.25, 0.3) is 5.22 Å². The van der Waals surface area contributed by atoms with E-state index in [1.807, 2.05) is 42.5 Å². The van der Waals surface area contributed by atoms with Crippen LogP contribution in [0.25, 0.3) is 22.2 Å². The summed E-state index contributed by atoms with van der Waals surface area (Å²) >= 11 is 1.14. The Morgan fingerprint density at radius 1 is 0.971 bits per heavy atom. The number of rotatable bonds is 7. The van der Waals surface area contributed by atoms with E-state index in [0.29, 0.717) is 18.7 Å². The fourth-order valence-corrected chi connectivity index (χ4v) is 5.96. The number of nitrogens with one attached hydrogen (secondary N) is 1. The highest BCUT2D eigenvalue weighted by Gasteiger charge is 2.27. The van der Waals surface area contributed by atoms with Crippen LogP contribution in [0.5, 0.6) is 0 Å². The monoisotopic (exact) mass is 494 g/mol. The Labute approximate surface area is 201 Å². The quantitative estimate of drug-likeness (QED) is 0.380. The number of thioether (sulfide) groups is 1. The van der Waals surface area contributed by atoms with Crippen molar-refractivity contribution in [2.75, 3.05) is 24.2 Å². The molecule has 1 N–H and O–H groups in total. The molecule has 0 aliphatic carbocycles. The fourth-order valence-electron chi connectivity index (χ4n) is 3.88. The number of aromatic nitrogens is 2. The molecule has 1 aliphatic heterocycles. The van der Waals surface area contributed by atoms with Gasteiger partial charge in [-0.25, -0.2) is 8.42 Å². The minimum Gasteiger partial charge on any atom is -0.411 e. The molecule has 10 heteroatoms. The molecular weight excluding hydrogens is 472 g/mol. The Balaban J connectivity index is 1.21. The molecule has 1 saturated heterocycles. The third kappa shape index (κ3) is 4.70. The van der Waals surface area contributed by atoms with Crippen LogP contribution in [-0.2, 0) is 14.8 Å². The molecule has 34 heavy (non-hydrogen) atoms. The first-order valence-electron chi connectivity index (χ1n) is 10.9. The number of hydrogen-bond acceptors (Lipinski definition) is 7. The van der Waals surface area contributed by atoms with E-state index < -0.39 is 10.0 Å². The van der Waals surface area contributed by atoms with Gasteiger partial charge in [0.05, 0.1) is 10.6 Å². The first-order valence-corrected chi connectivity index (χ1v) is 13.3. The Hall–Kier alpha value is -3.21. The van der Waals surface area contributed by atoms with Crippen LogP contribution < -0.4 is 5.32 Å². The van der Waals surface area contributed by atoms with E-state index in [1.54, 1.807) is 24.3 Å². The van der Waals surface area contributed by atoms with E-state index in [-0.39, 0.29) is 27.7 Å². The van der Waals surface area contributed by atoms with Crippen LogP contribution in [0.15, 0.2) is 81.3 Å². The van der Waals surface area contributed by atoms with Gasteiger partial charge in [-0.15, -0.1) is 10.2 Å². The van der Waals surface area contributed by atoms with Gasteiger partial charge >= 0.3 is 0 Å². The van der Waals surface area contributed by atoms with Crippen LogP contribution in [0.4, 0.5) is 5.69 Å². The van der Waals surface area contributed by atoms with E-state index in [1.165, 1.54) is 4.31 Å². The van der Waals surface area contributed by atoms with Crippen molar-refractivity contribution in [1.29, 1.82) is 0 Å². The Morgan fingerprint density at radius 3 is 2.50 bits per heavy atom. The van der Waals surface area contributed by atoms with Gasteiger partial charge in [0, 0.05) is 29.7 Å². The predicted octanol–water partition coefficient (Wildman–Crippen LogP) is 4.41. The molecule has 0 saturated carbocycles. The third-order valence-corrected chi connectivity index (χ3v) is 8.33. The van der Waals surface area contributed by atoms with E-state index in [4.69, 9.17) is 4.42 Å². The Morgan fingerprint density at radius 2 is 1.71 bits per heavy atom. The molecule has 5 rings (SSSR count). The van der Waals surface area contributed by atoms with Crippen molar-refractivity contribution in [3.63, 3.8) is 0 Å². The van der Waals surface area contributed by atoms with Crippen molar-refractivity contribution >= 4 is 44.2 Å². The summed E-state index contributed by atoms with van der Waals surface area (Å²) in [7, 11) is -3.47. The SMILES string of the molecule is O=C(CSc1nnc(-c2ccc(S(=O)(=O)N3CCCC3)cc2)o1)Nc1cccc2ccccc12. The number of nitrogens with zero attached hydrogens (tertiary/aromatic N) is 3. The van der Waals surface area contributed by atoms with Gasteiger partial charge in [-0.05, 0) is 48.6 Å². The maximum atomic E-state index is 12.7. The lowest BCUT2D eigenvalue weighted by molar-refractivity contribution is -0.113. The number of sulfonamides is 1. The molecule has 0 spiro atoms. The summed E-state index contributed by atoms with van der Waals surface area (Å²) in [4.78, 5) is 12.7. The normalized spacial score (nSPS) is 14.5. The number of carbonyl (C=O) groups is 1. The van der Waals surface area contributed by atoms with Crippen molar-refractivity contribution in [2.24, 2.45) is 0 Å². The van der Waals surface area contributed by atoms with E-state index >= 15 is 0 Å². The summed E-state index contributed by atoms with van der Waals surface area (Å²) in [5.41, 5.74) is 1.36. The number of amides is 1. The number of benzene rings is 3. The number of hydrogen-bond donors (Lipinski definition) is 1. The molecule has 0 atom stereocenters. The number of anilines is 1. The Kier molecular flexibility index (Phi) is 6.36. The molecule has 2 heterocycles. The molecule has 4 aromatic rings. The summed E-state index contributed by atoms with van der Waals surface area (Å²) in [5, 5.41) is 13.2. The lowest BCUT2D eigenvalue weighted by Gasteiger charge is -2.15. The van der Waals surface area contributed by atoms with Gasteiger partial charge in [0.15, 0.2) is 0 Å². The largest absolute Gasteiger partial charge is 0.411 e. The van der Waals surface area contributed by atoms with Crippen molar-refractivity contribution in [2.45, 2.75) is 23.0 Å². The molecule has 174 valence electrons. The molecule has 8 nitrogen and oxygen atoms in total. The van der Waals surface area contributed by atoms with Crippen LogP contribution in [-0.4, -0.2) is 47.7 Å². The van der Waals surface area contributed by atoms with Crippen molar-refractivity contribution in [1.82, 2.24) is 14.5 Å². The predicted molar refractivity (Wildman–Crippen MR) is 131 cm³/mol. The second-order valence-electron chi connectivity index (χ2n) is 7.87. The van der Waals surface area contributed by atoms with Crippen LogP contribution in [0.1, 0.15) is 12.8 Å². The zero-order valence-electron chi connectivity index (χ0n) is 18.2. The summed E-state index contributed by atoms with van der Waals surface area (Å²) in [6, 6.07) is 20.0. The lowest BCUT2D eigenvalue weighted by atomic mass is 10.1. The molecule has 0 bridgehead atoms. The first kappa shape index (κ1) is 22.6. The summed E-state index contributed by atoms with van der Waals surface area (Å²) in [5.74, 6) is 0.192. The van der Waals surface area contributed by atoms with Crippen LogP contribution in [0.3, 0.4) is 0 Å². The standard InChI is InChI=1S/C24H22N4O4S2/c29-22(25-21-9-5-7-17-6-1-2-8-20(17)21)16-33-24-27-26-23(32-24)18-10-12-19(13-11-18)34(30,31)28-14-3-4-15-28/h1-2,5-13H,3-4,14-16H2,(H,25,29). The molecule has 1 aliphatic rings. The Bertz CT molecular complexity index is 1420. The maximum absolute atomic E-state index is 12.7. The topological polar surface area (TPSA) is 105 Å². The minimum atomic E-state index is -3.47. The van der Waals surface area contributed by atoms with E-state index in [0.717, 1.165) is 41.1 Å². The lowest BCUT2D eigenvalue weighted by Crippen LogP contribution is -2.27. The van der Waals surface area contributed by atoms with E-state index in [2.05, 4.69) is 15.5 Å². The van der Waals surface area contributed by atoms with Gasteiger partial charge in [0.2, 0.25) is 21.8 Å². The average molecular weight is 495 g/mol. The van der Waals surface area contributed by atoms with Crippen LogP contribution in [0.2, 0.25) is 0 Å². The molecule has 0 unspecified atom stereocenters. The van der Waals surface area contributed by atoms with Crippen LogP contribution in [0, 0.1) is 0 Å². The highest BCUT2D eigenvalue weighted by atomic mass is 32.2. The highest BCUT2D eigenvalue weighted by Crippen LogP contribution is 2.27. The zero-order chi connectivity index (χ0) is 23.5. The summed E-state index contributed by atoms with van der Waals surface area (Å²) in [6.45, 7) is 1.12. The second-order valence-corrected chi connectivity index (χ2v) is 10.7. The fraction of sp³-hybridized carbons (Fsp3) is 0.208. The van der Waals surface area contributed by atoms with Crippen molar-refractivity contribution in [3.05, 3.63) is 66.7 Å². The maximum Gasteiger partial charge on any atom is 0.277 e. The second kappa shape index (κ2) is 9.57. The summed E-state index contributed by atoms with van der Waals surface area (Å²) < 4.78 is 32.5. The first-order chi connectivity index (χ1) is 16.5. The minimum absolute atomic E-state index is 0.109. The van der Waals surface area contributed by atoms with Gasteiger partial charge < -0.3 is 9.73 Å². The molecular formula is C24H22N4O4S2. The number of carbonyl (C=O) groups excluding carboxylic acids is 1. The van der Waals surface area contributed by atoms with Crippen LogP contribution >= 0.6 is 11.8 Å². The van der Waals surface area contributed by atoms with E-state index in [9.17, 15) is 13.2 Å². The smallest absolute Gasteiger partial charge is 0.277 e. The van der Waals surface area contributed by atoms with Crippen molar-refractivity contribution in [3.8, 4) is 11.5 Å². The average Bonchev–Trinajstić information content (AvgIpc) is 3.56. The third-order valence-electron chi connectivity index (χ3n) is 5.60. The molecule has 1 aromatic heterocycles. The van der Waals surface area contributed by atoms with Gasteiger partial charge in [-0.2, -0.15) is 4.31 Å². The molecule has 3 aromatic carbocycles.